The molecule has 2 unspecified atom stereocenters. The van der Waals surface area contributed by atoms with Crippen molar-refractivity contribution in [2.24, 2.45) is 5.92 Å². The number of hydrogen-bond acceptors (Lipinski definition) is 4. The molecular formula is C21H25ClN2O2. The molecule has 2 aromatic rings. The second kappa shape index (κ2) is 8.02. The minimum atomic E-state index is -0.135. The van der Waals surface area contributed by atoms with Crippen molar-refractivity contribution in [3.63, 3.8) is 0 Å². The van der Waals surface area contributed by atoms with E-state index in [0.29, 0.717) is 17.5 Å². The molecule has 0 aliphatic carbocycles. The maximum Gasteiger partial charge on any atom is 0.120 e. The van der Waals surface area contributed by atoms with E-state index < -0.39 is 0 Å². The topological polar surface area (TPSA) is 53.5 Å². The lowest BCUT2D eigenvalue weighted by molar-refractivity contribution is 0.334. The van der Waals surface area contributed by atoms with E-state index in [4.69, 9.17) is 16.3 Å². The zero-order chi connectivity index (χ0) is 18.7. The van der Waals surface area contributed by atoms with Crippen LogP contribution >= 0.6 is 11.6 Å². The fourth-order valence-corrected chi connectivity index (χ4v) is 3.24. The lowest BCUT2D eigenvalue weighted by atomic mass is 9.97. The van der Waals surface area contributed by atoms with Crippen molar-refractivity contribution in [1.29, 1.82) is 0 Å². The van der Waals surface area contributed by atoms with Crippen LogP contribution in [-0.4, -0.2) is 17.9 Å². The third kappa shape index (κ3) is 4.14. The van der Waals surface area contributed by atoms with Gasteiger partial charge >= 0.3 is 0 Å². The monoisotopic (exact) mass is 372 g/mol. The molecule has 0 saturated carbocycles. The highest BCUT2D eigenvalue weighted by Crippen LogP contribution is 2.33. The quantitative estimate of drug-likeness (QED) is 0.712. The maximum absolute atomic E-state index is 10.3. The van der Waals surface area contributed by atoms with E-state index in [9.17, 15) is 5.11 Å². The van der Waals surface area contributed by atoms with Gasteiger partial charge in [-0.2, -0.15) is 0 Å². The number of phenols is 1. The number of hydrogen-bond donors (Lipinski definition) is 3. The van der Waals surface area contributed by atoms with Crippen LogP contribution in [0.15, 0.2) is 48.5 Å². The van der Waals surface area contributed by atoms with E-state index in [1.165, 1.54) is 0 Å². The molecule has 0 saturated heterocycles. The van der Waals surface area contributed by atoms with Crippen molar-refractivity contribution in [3.05, 3.63) is 64.7 Å². The zero-order valence-electron chi connectivity index (χ0n) is 15.3. The zero-order valence-corrected chi connectivity index (χ0v) is 16.0. The molecule has 5 heteroatoms. The van der Waals surface area contributed by atoms with E-state index in [2.05, 4.69) is 30.6 Å². The maximum atomic E-state index is 10.3. The smallest absolute Gasteiger partial charge is 0.120 e. The fraction of sp³-hybridized carbons (Fsp3) is 0.333. The molecule has 0 aromatic heterocycles. The summed E-state index contributed by atoms with van der Waals surface area (Å²) in [7, 11) is 0. The van der Waals surface area contributed by atoms with Crippen LogP contribution in [0.1, 0.15) is 37.9 Å². The van der Waals surface area contributed by atoms with Gasteiger partial charge in [0.1, 0.15) is 11.5 Å². The molecule has 26 heavy (non-hydrogen) atoms. The molecule has 2 aromatic carbocycles. The van der Waals surface area contributed by atoms with Gasteiger partial charge in [0.15, 0.2) is 0 Å². The summed E-state index contributed by atoms with van der Waals surface area (Å²) in [6.07, 6.45) is 2.16. The predicted octanol–water partition coefficient (Wildman–Crippen LogP) is 4.70. The number of aromatic hydroxyl groups is 1. The van der Waals surface area contributed by atoms with E-state index in [1.807, 2.05) is 37.3 Å². The van der Waals surface area contributed by atoms with Crippen LogP contribution in [0.4, 0.5) is 0 Å². The van der Waals surface area contributed by atoms with Gasteiger partial charge in [-0.25, -0.2) is 0 Å². The van der Waals surface area contributed by atoms with Crippen LogP contribution in [-0.2, 0) is 0 Å². The number of benzene rings is 2. The molecule has 2 atom stereocenters. The van der Waals surface area contributed by atoms with Gasteiger partial charge in [0, 0.05) is 16.3 Å². The standard InChI is InChI=1S/C21H25ClN2O2/c1-4-26-16-8-5-14(6-9-16)18-12-19(24-21(23-18)13(2)3)17-11-15(22)7-10-20(17)25/h5-13,19,21,23-25H,4H2,1-3H3. The van der Waals surface area contributed by atoms with Gasteiger partial charge in [0.05, 0.1) is 18.8 Å². The van der Waals surface area contributed by atoms with Crippen LogP contribution in [0.2, 0.25) is 5.02 Å². The first-order valence-electron chi connectivity index (χ1n) is 8.94. The Morgan fingerprint density at radius 3 is 2.54 bits per heavy atom. The molecule has 0 radical (unpaired) electrons. The van der Waals surface area contributed by atoms with Gasteiger partial charge in [0.2, 0.25) is 0 Å². The number of halogens is 1. The van der Waals surface area contributed by atoms with Crippen molar-refractivity contribution in [2.75, 3.05) is 6.61 Å². The van der Waals surface area contributed by atoms with Crippen LogP contribution in [0.3, 0.4) is 0 Å². The molecule has 0 bridgehead atoms. The third-order valence-corrected chi connectivity index (χ3v) is 4.71. The average Bonchev–Trinajstić information content (AvgIpc) is 2.64. The van der Waals surface area contributed by atoms with Gasteiger partial charge in [-0.15, -0.1) is 0 Å². The SMILES string of the molecule is CCOc1ccc(C2=CC(c3cc(Cl)ccc3O)NC(C(C)C)N2)cc1. The largest absolute Gasteiger partial charge is 0.508 e. The summed E-state index contributed by atoms with van der Waals surface area (Å²) < 4.78 is 5.53. The van der Waals surface area contributed by atoms with Crippen molar-refractivity contribution >= 4 is 17.3 Å². The molecule has 4 nitrogen and oxygen atoms in total. The van der Waals surface area contributed by atoms with Crippen LogP contribution < -0.4 is 15.4 Å². The number of rotatable bonds is 5. The lowest BCUT2D eigenvalue weighted by Crippen LogP contribution is -2.49. The molecule has 0 fully saturated rings. The van der Waals surface area contributed by atoms with Crippen LogP contribution in [0, 0.1) is 5.92 Å². The first kappa shape index (κ1) is 18.6. The minimum Gasteiger partial charge on any atom is -0.508 e. The second-order valence-corrected chi connectivity index (χ2v) is 7.19. The molecule has 138 valence electrons. The lowest BCUT2D eigenvalue weighted by Gasteiger charge is -2.35. The highest BCUT2D eigenvalue weighted by Gasteiger charge is 2.26. The van der Waals surface area contributed by atoms with E-state index in [0.717, 1.165) is 22.6 Å². The third-order valence-electron chi connectivity index (χ3n) is 4.47. The summed E-state index contributed by atoms with van der Waals surface area (Å²) in [6, 6.07) is 13.0. The molecule has 3 N–H and O–H groups in total. The summed E-state index contributed by atoms with van der Waals surface area (Å²) >= 11 is 6.15. The van der Waals surface area contributed by atoms with Crippen molar-refractivity contribution in [2.45, 2.75) is 33.0 Å². The summed E-state index contributed by atoms with van der Waals surface area (Å²) in [5.41, 5.74) is 2.87. The highest BCUT2D eigenvalue weighted by atomic mass is 35.5. The molecule has 0 spiro atoms. The Balaban J connectivity index is 1.96. The first-order valence-corrected chi connectivity index (χ1v) is 9.31. The fourth-order valence-electron chi connectivity index (χ4n) is 3.06. The van der Waals surface area contributed by atoms with Gasteiger partial charge < -0.3 is 15.2 Å². The summed E-state index contributed by atoms with van der Waals surface area (Å²) in [5, 5.41) is 18.0. The van der Waals surface area contributed by atoms with Crippen molar-refractivity contribution in [3.8, 4) is 11.5 Å². The van der Waals surface area contributed by atoms with Gasteiger partial charge in [-0.1, -0.05) is 25.4 Å². The average molecular weight is 373 g/mol. The van der Waals surface area contributed by atoms with Crippen LogP contribution in [0.25, 0.3) is 5.70 Å². The number of ether oxygens (including phenoxy) is 1. The summed E-state index contributed by atoms with van der Waals surface area (Å²) in [5.74, 6) is 1.46. The van der Waals surface area contributed by atoms with Crippen molar-refractivity contribution < 1.29 is 9.84 Å². The van der Waals surface area contributed by atoms with Gasteiger partial charge in [0.25, 0.3) is 0 Å². The minimum absolute atomic E-state index is 0.0740. The molecule has 1 aliphatic heterocycles. The summed E-state index contributed by atoms with van der Waals surface area (Å²) in [6.45, 7) is 6.93. The Hall–Kier alpha value is -2.17. The number of nitrogens with one attached hydrogen (secondary N) is 2. The second-order valence-electron chi connectivity index (χ2n) is 6.75. The van der Waals surface area contributed by atoms with E-state index in [-0.39, 0.29) is 18.0 Å². The van der Waals surface area contributed by atoms with Crippen molar-refractivity contribution in [1.82, 2.24) is 10.6 Å². The molecule has 3 rings (SSSR count). The Morgan fingerprint density at radius 2 is 1.88 bits per heavy atom. The van der Waals surface area contributed by atoms with E-state index >= 15 is 0 Å². The summed E-state index contributed by atoms with van der Waals surface area (Å²) in [4.78, 5) is 0. The molecule has 1 heterocycles. The highest BCUT2D eigenvalue weighted by molar-refractivity contribution is 6.30. The number of phenolic OH excluding ortho intramolecular Hbond substituents is 1. The Morgan fingerprint density at radius 1 is 1.15 bits per heavy atom. The van der Waals surface area contributed by atoms with Gasteiger partial charge in [-0.05, 0) is 66.9 Å². The Labute approximate surface area is 159 Å². The Kier molecular flexibility index (Phi) is 5.74. The Bertz CT molecular complexity index is 787. The first-order chi connectivity index (χ1) is 12.5. The van der Waals surface area contributed by atoms with E-state index in [1.54, 1.807) is 12.1 Å². The van der Waals surface area contributed by atoms with Gasteiger partial charge in [-0.3, -0.25) is 5.32 Å². The molecular weight excluding hydrogens is 348 g/mol. The molecule has 0 amide bonds. The van der Waals surface area contributed by atoms with Crippen LogP contribution in [0.5, 0.6) is 11.5 Å². The molecule has 1 aliphatic rings. The normalized spacial score (nSPS) is 19.8. The predicted molar refractivity (Wildman–Crippen MR) is 106 cm³/mol.